The Hall–Kier alpha value is -2.75. The number of hydrogen-bond acceptors (Lipinski definition) is 8. The Balaban J connectivity index is 1.51. The molecule has 1 aromatic carbocycles. The maximum atomic E-state index is 12.4. The van der Waals surface area contributed by atoms with E-state index in [-0.39, 0.29) is 5.91 Å². The molecule has 2 saturated heterocycles. The second-order valence-electron chi connectivity index (χ2n) is 8.50. The summed E-state index contributed by atoms with van der Waals surface area (Å²) in [5.74, 6) is 2.43. The number of ether oxygens (including phenoxy) is 2. The Morgan fingerprint density at radius 1 is 1.18 bits per heavy atom. The van der Waals surface area contributed by atoms with Crippen LogP contribution in [0.25, 0.3) is 10.2 Å². The van der Waals surface area contributed by atoms with Crippen molar-refractivity contribution < 1.29 is 14.3 Å². The number of methoxy groups -OCH3 is 1. The number of morpholine rings is 1. The van der Waals surface area contributed by atoms with Crippen LogP contribution in [-0.2, 0) is 16.1 Å². The number of carbonyl (C=O) groups is 1. The van der Waals surface area contributed by atoms with E-state index in [0.29, 0.717) is 25.3 Å². The summed E-state index contributed by atoms with van der Waals surface area (Å²) in [5.41, 5.74) is 2.85. The van der Waals surface area contributed by atoms with Gasteiger partial charge in [0.05, 0.1) is 37.9 Å². The quantitative estimate of drug-likeness (QED) is 0.587. The minimum absolute atomic E-state index is 0.131. The smallest absolute Gasteiger partial charge is 0.227 e. The third-order valence-corrected chi connectivity index (χ3v) is 7.45. The molecule has 3 aromatic rings. The third-order valence-electron chi connectivity index (χ3n) is 6.35. The molecule has 1 amide bonds. The highest BCUT2D eigenvalue weighted by atomic mass is 32.1. The van der Waals surface area contributed by atoms with Crippen molar-refractivity contribution >= 4 is 44.7 Å². The van der Waals surface area contributed by atoms with Crippen LogP contribution in [0.15, 0.2) is 18.2 Å². The van der Waals surface area contributed by atoms with Gasteiger partial charge in [-0.25, -0.2) is 9.97 Å². The minimum Gasteiger partial charge on any atom is -0.495 e. The first kappa shape index (κ1) is 22.1. The van der Waals surface area contributed by atoms with Crippen LogP contribution in [0.4, 0.5) is 17.2 Å². The Labute approximate surface area is 197 Å². The standard InChI is InChI=1S/C24H29N5O3S/c1-15-16(2)33-24-22(15)23(26-20(27-24)14-28-9-11-32-12-10-28)25-17-6-7-19(31-3)18(13-17)29-8-4-5-21(29)30/h6-7,13H,4-5,8-12,14H2,1-3H3,(H,25,26,27). The first-order valence-corrected chi connectivity index (χ1v) is 12.2. The summed E-state index contributed by atoms with van der Waals surface area (Å²) in [4.78, 5) is 28.6. The van der Waals surface area contributed by atoms with Crippen molar-refractivity contribution in [2.75, 3.05) is 50.2 Å². The normalized spacial score (nSPS) is 17.2. The lowest BCUT2D eigenvalue weighted by Crippen LogP contribution is -2.36. The molecule has 4 heterocycles. The summed E-state index contributed by atoms with van der Waals surface area (Å²) in [5, 5.41) is 4.58. The van der Waals surface area contributed by atoms with Crippen LogP contribution in [0.5, 0.6) is 5.75 Å². The monoisotopic (exact) mass is 467 g/mol. The molecule has 0 spiro atoms. The van der Waals surface area contributed by atoms with Gasteiger partial charge in [-0.2, -0.15) is 0 Å². The zero-order chi connectivity index (χ0) is 22.9. The van der Waals surface area contributed by atoms with Gasteiger partial charge in [-0.15, -0.1) is 11.3 Å². The fourth-order valence-corrected chi connectivity index (χ4v) is 5.48. The molecule has 9 heteroatoms. The molecule has 2 aliphatic heterocycles. The van der Waals surface area contributed by atoms with Crippen molar-refractivity contribution in [3.05, 3.63) is 34.5 Å². The van der Waals surface area contributed by atoms with E-state index in [1.807, 2.05) is 23.1 Å². The molecule has 2 aliphatic rings. The van der Waals surface area contributed by atoms with Crippen LogP contribution in [0, 0.1) is 13.8 Å². The van der Waals surface area contributed by atoms with Gasteiger partial charge in [0.15, 0.2) is 0 Å². The molecule has 5 rings (SSSR count). The largest absolute Gasteiger partial charge is 0.495 e. The van der Waals surface area contributed by atoms with E-state index in [1.165, 1.54) is 10.4 Å². The predicted molar refractivity (Wildman–Crippen MR) is 131 cm³/mol. The molecule has 0 saturated carbocycles. The average molecular weight is 468 g/mol. The summed E-state index contributed by atoms with van der Waals surface area (Å²) < 4.78 is 11.0. The molecule has 1 N–H and O–H groups in total. The second-order valence-corrected chi connectivity index (χ2v) is 9.70. The third kappa shape index (κ3) is 4.40. The summed E-state index contributed by atoms with van der Waals surface area (Å²) >= 11 is 1.70. The van der Waals surface area contributed by atoms with E-state index < -0.39 is 0 Å². The highest BCUT2D eigenvalue weighted by molar-refractivity contribution is 7.18. The maximum Gasteiger partial charge on any atom is 0.227 e. The van der Waals surface area contributed by atoms with E-state index in [4.69, 9.17) is 19.4 Å². The Morgan fingerprint density at radius 2 is 2.00 bits per heavy atom. The van der Waals surface area contributed by atoms with Crippen molar-refractivity contribution in [2.45, 2.75) is 33.2 Å². The van der Waals surface area contributed by atoms with Crippen LogP contribution in [-0.4, -0.2) is 60.7 Å². The van der Waals surface area contributed by atoms with E-state index >= 15 is 0 Å². The van der Waals surface area contributed by atoms with Crippen LogP contribution in [0.3, 0.4) is 0 Å². The van der Waals surface area contributed by atoms with E-state index in [9.17, 15) is 4.79 Å². The van der Waals surface area contributed by atoms with Crippen LogP contribution in [0.1, 0.15) is 29.1 Å². The number of carbonyl (C=O) groups excluding carboxylic acids is 1. The Bertz CT molecular complexity index is 1190. The van der Waals surface area contributed by atoms with Gasteiger partial charge in [-0.05, 0) is 44.0 Å². The Morgan fingerprint density at radius 3 is 2.73 bits per heavy atom. The lowest BCUT2D eigenvalue weighted by atomic mass is 10.2. The first-order valence-electron chi connectivity index (χ1n) is 11.4. The zero-order valence-corrected chi connectivity index (χ0v) is 20.1. The molecular formula is C24H29N5O3S. The van der Waals surface area contributed by atoms with Gasteiger partial charge in [-0.3, -0.25) is 9.69 Å². The minimum atomic E-state index is 0.131. The number of amides is 1. The van der Waals surface area contributed by atoms with Gasteiger partial charge in [-0.1, -0.05) is 0 Å². The van der Waals surface area contributed by atoms with Crippen LogP contribution in [0.2, 0.25) is 0 Å². The van der Waals surface area contributed by atoms with Crippen molar-refractivity contribution in [2.24, 2.45) is 0 Å². The number of nitrogens with one attached hydrogen (secondary N) is 1. The van der Waals surface area contributed by atoms with E-state index in [2.05, 4.69) is 24.1 Å². The molecule has 33 heavy (non-hydrogen) atoms. The highest BCUT2D eigenvalue weighted by Gasteiger charge is 2.25. The number of aryl methyl sites for hydroxylation is 2. The molecule has 0 atom stereocenters. The maximum absolute atomic E-state index is 12.4. The van der Waals surface area contributed by atoms with Crippen molar-refractivity contribution in [1.82, 2.24) is 14.9 Å². The summed E-state index contributed by atoms with van der Waals surface area (Å²) in [6.45, 7) is 8.91. The number of fused-ring (bicyclic) bond motifs is 1. The van der Waals surface area contributed by atoms with Crippen molar-refractivity contribution in [3.63, 3.8) is 0 Å². The molecule has 0 bridgehead atoms. The van der Waals surface area contributed by atoms with Gasteiger partial charge in [0.25, 0.3) is 0 Å². The van der Waals surface area contributed by atoms with E-state index in [0.717, 1.165) is 66.0 Å². The number of thiophene rings is 1. The van der Waals surface area contributed by atoms with Gasteiger partial charge in [0, 0.05) is 36.6 Å². The Kier molecular flexibility index (Phi) is 6.18. The number of nitrogens with zero attached hydrogens (tertiary/aromatic N) is 4. The number of benzene rings is 1. The number of anilines is 3. The molecule has 0 unspecified atom stereocenters. The predicted octanol–water partition coefficient (Wildman–Crippen LogP) is 4.02. The van der Waals surface area contributed by atoms with Crippen LogP contribution < -0.4 is 15.0 Å². The lowest BCUT2D eigenvalue weighted by molar-refractivity contribution is -0.117. The second kappa shape index (κ2) is 9.24. The van der Waals surface area contributed by atoms with Crippen molar-refractivity contribution in [3.8, 4) is 5.75 Å². The molecule has 8 nitrogen and oxygen atoms in total. The number of rotatable bonds is 6. The highest BCUT2D eigenvalue weighted by Crippen LogP contribution is 2.38. The molecule has 2 fully saturated rings. The molecular weight excluding hydrogens is 438 g/mol. The lowest BCUT2D eigenvalue weighted by Gasteiger charge is -2.26. The summed E-state index contributed by atoms with van der Waals surface area (Å²) in [6, 6.07) is 5.85. The van der Waals surface area contributed by atoms with Gasteiger partial charge < -0.3 is 19.7 Å². The van der Waals surface area contributed by atoms with Gasteiger partial charge in [0.2, 0.25) is 5.91 Å². The molecule has 0 aliphatic carbocycles. The summed E-state index contributed by atoms with van der Waals surface area (Å²) in [7, 11) is 1.63. The SMILES string of the molecule is COc1ccc(Nc2nc(CN3CCOCC3)nc3sc(C)c(C)c23)cc1N1CCCC1=O. The van der Waals surface area contributed by atoms with Gasteiger partial charge >= 0.3 is 0 Å². The number of hydrogen-bond donors (Lipinski definition) is 1. The van der Waals surface area contributed by atoms with E-state index in [1.54, 1.807) is 18.4 Å². The summed E-state index contributed by atoms with van der Waals surface area (Å²) in [6.07, 6.45) is 1.44. The fraction of sp³-hybridized carbons (Fsp3) is 0.458. The van der Waals surface area contributed by atoms with Crippen molar-refractivity contribution in [1.29, 1.82) is 0 Å². The first-order chi connectivity index (χ1) is 16.0. The van der Waals surface area contributed by atoms with Crippen LogP contribution >= 0.6 is 11.3 Å². The molecule has 174 valence electrons. The average Bonchev–Trinajstić information content (AvgIpc) is 3.36. The topological polar surface area (TPSA) is 79.8 Å². The molecule has 0 radical (unpaired) electrons. The fourth-order valence-electron chi connectivity index (χ4n) is 4.43. The molecule has 2 aromatic heterocycles. The van der Waals surface area contributed by atoms with Gasteiger partial charge in [0.1, 0.15) is 22.2 Å². The zero-order valence-electron chi connectivity index (χ0n) is 19.3. The number of aromatic nitrogens is 2.